The molecule has 3 saturated heterocycles. The number of hydrogen-bond donors (Lipinski definition) is 1. The fraction of sp³-hybridized carbons (Fsp3) is 0.750. The van der Waals surface area contributed by atoms with E-state index in [1.54, 1.807) is 11.3 Å². The first-order valence-electron chi connectivity index (χ1n) is 6.24. The third-order valence-electron chi connectivity index (χ3n) is 3.93. The van der Waals surface area contributed by atoms with Crippen molar-refractivity contribution in [1.29, 1.82) is 0 Å². The number of fused-ring (bicyclic) bond motifs is 3. The van der Waals surface area contributed by atoms with Crippen LogP contribution in [-0.2, 0) is 6.42 Å². The highest BCUT2D eigenvalue weighted by Gasteiger charge is 2.33. The molecule has 0 amide bonds. The van der Waals surface area contributed by atoms with E-state index in [0.29, 0.717) is 0 Å². The lowest BCUT2D eigenvalue weighted by Gasteiger charge is -2.45. The highest BCUT2D eigenvalue weighted by atomic mass is 32.1. The molecule has 3 nitrogen and oxygen atoms in total. The molecular formula is C12H19N3S. The number of rotatable bonds is 4. The second-order valence-corrected chi connectivity index (χ2v) is 5.65. The zero-order valence-electron chi connectivity index (χ0n) is 9.56. The molecule has 16 heavy (non-hydrogen) atoms. The SMILES string of the molecule is c1nc(CCNC2CN3CCC2CC3)cs1. The fourth-order valence-electron chi connectivity index (χ4n) is 2.94. The van der Waals surface area contributed by atoms with E-state index < -0.39 is 0 Å². The summed E-state index contributed by atoms with van der Waals surface area (Å²) in [6, 6.07) is 0.737. The summed E-state index contributed by atoms with van der Waals surface area (Å²) < 4.78 is 0. The molecule has 0 spiro atoms. The molecule has 3 aliphatic heterocycles. The number of nitrogens with one attached hydrogen (secondary N) is 1. The lowest BCUT2D eigenvalue weighted by atomic mass is 9.84. The normalized spacial score (nSPS) is 33.1. The van der Waals surface area contributed by atoms with Crippen LogP contribution in [-0.4, -0.2) is 42.1 Å². The van der Waals surface area contributed by atoms with Crippen LogP contribution in [0.3, 0.4) is 0 Å². The minimum atomic E-state index is 0.737. The number of nitrogens with zero attached hydrogens (tertiary/aromatic N) is 2. The van der Waals surface area contributed by atoms with Crippen molar-refractivity contribution in [3.8, 4) is 0 Å². The summed E-state index contributed by atoms with van der Waals surface area (Å²) in [5.74, 6) is 0.931. The first kappa shape index (κ1) is 10.7. The van der Waals surface area contributed by atoms with Gasteiger partial charge in [0.15, 0.2) is 0 Å². The van der Waals surface area contributed by atoms with Crippen LogP contribution in [0.2, 0.25) is 0 Å². The molecule has 1 aromatic rings. The molecule has 3 fully saturated rings. The van der Waals surface area contributed by atoms with E-state index in [0.717, 1.165) is 24.9 Å². The van der Waals surface area contributed by atoms with Crippen LogP contribution in [0.15, 0.2) is 10.9 Å². The number of thiazole rings is 1. The van der Waals surface area contributed by atoms with Gasteiger partial charge in [0.2, 0.25) is 0 Å². The van der Waals surface area contributed by atoms with Gasteiger partial charge in [0.1, 0.15) is 0 Å². The maximum absolute atomic E-state index is 4.31. The molecule has 4 heteroatoms. The summed E-state index contributed by atoms with van der Waals surface area (Å²) in [5.41, 5.74) is 3.16. The van der Waals surface area contributed by atoms with Crippen LogP contribution in [0.1, 0.15) is 18.5 Å². The second kappa shape index (κ2) is 4.82. The summed E-state index contributed by atoms with van der Waals surface area (Å²) >= 11 is 1.69. The molecule has 0 aromatic carbocycles. The number of piperidine rings is 3. The standard InChI is InChI=1S/C12H19N3S/c1(11-8-16-9-14-11)4-13-12-7-15-5-2-10(12)3-6-15/h8-10,12-13H,1-7H2. The Bertz CT molecular complexity index is 317. The van der Waals surface area contributed by atoms with E-state index in [-0.39, 0.29) is 0 Å². The van der Waals surface area contributed by atoms with Crippen LogP contribution in [0.5, 0.6) is 0 Å². The molecule has 1 atom stereocenters. The zero-order valence-corrected chi connectivity index (χ0v) is 10.4. The topological polar surface area (TPSA) is 28.2 Å². The first-order chi connectivity index (χ1) is 7.92. The van der Waals surface area contributed by atoms with Crippen LogP contribution in [0.4, 0.5) is 0 Å². The summed E-state index contributed by atoms with van der Waals surface area (Å²) in [5, 5.41) is 5.87. The van der Waals surface area contributed by atoms with Gasteiger partial charge in [-0.2, -0.15) is 0 Å². The van der Waals surface area contributed by atoms with E-state index in [1.807, 2.05) is 5.51 Å². The quantitative estimate of drug-likeness (QED) is 0.857. The van der Waals surface area contributed by atoms with Gasteiger partial charge in [-0.15, -0.1) is 11.3 Å². The highest BCUT2D eigenvalue weighted by Crippen LogP contribution is 2.27. The van der Waals surface area contributed by atoms with E-state index >= 15 is 0 Å². The third-order valence-corrected chi connectivity index (χ3v) is 4.56. The number of aromatic nitrogens is 1. The Morgan fingerprint density at radius 2 is 2.31 bits per heavy atom. The predicted octanol–water partition coefficient (Wildman–Crippen LogP) is 1.37. The summed E-state index contributed by atoms with van der Waals surface area (Å²) in [6.45, 7) is 5.00. The van der Waals surface area contributed by atoms with Gasteiger partial charge in [-0.1, -0.05) is 0 Å². The molecular weight excluding hydrogens is 218 g/mol. The van der Waals surface area contributed by atoms with Crippen molar-refractivity contribution < 1.29 is 0 Å². The Morgan fingerprint density at radius 1 is 1.44 bits per heavy atom. The van der Waals surface area contributed by atoms with Crippen LogP contribution >= 0.6 is 11.3 Å². The molecule has 1 aromatic heterocycles. The minimum absolute atomic E-state index is 0.737. The molecule has 4 heterocycles. The molecule has 0 aliphatic carbocycles. The summed E-state index contributed by atoms with van der Waals surface area (Å²) in [6.07, 6.45) is 3.87. The molecule has 2 bridgehead atoms. The van der Waals surface area contributed by atoms with Gasteiger partial charge in [-0.25, -0.2) is 4.98 Å². The molecule has 4 rings (SSSR count). The average molecular weight is 237 g/mol. The third kappa shape index (κ3) is 2.29. The van der Waals surface area contributed by atoms with Crippen LogP contribution in [0, 0.1) is 5.92 Å². The van der Waals surface area contributed by atoms with Crippen molar-refractivity contribution >= 4 is 11.3 Å². The maximum Gasteiger partial charge on any atom is 0.0794 e. The van der Waals surface area contributed by atoms with Gasteiger partial charge < -0.3 is 10.2 Å². The Balaban J connectivity index is 1.45. The van der Waals surface area contributed by atoms with Gasteiger partial charge in [-0.3, -0.25) is 0 Å². The predicted molar refractivity (Wildman–Crippen MR) is 66.8 cm³/mol. The monoisotopic (exact) mass is 237 g/mol. The van der Waals surface area contributed by atoms with Crippen molar-refractivity contribution in [2.24, 2.45) is 5.92 Å². The van der Waals surface area contributed by atoms with Crippen molar-refractivity contribution in [2.45, 2.75) is 25.3 Å². The van der Waals surface area contributed by atoms with E-state index in [2.05, 4.69) is 20.6 Å². The Morgan fingerprint density at radius 3 is 2.94 bits per heavy atom. The molecule has 3 aliphatic rings. The maximum atomic E-state index is 4.31. The Hall–Kier alpha value is -0.450. The summed E-state index contributed by atoms with van der Waals surface area (Å²) in [7, 11) is 0. The van der Waals surface area contributed by atoms with Gasteiger partial charge in [0.25, 0.3) is 0 Å². The number of hydrogen-bond acceptors (Lipinski definition) is 4. The first-order valence-corrected chi connectivity index (χ1v) is 7.19. The Kier molecular flexibility index (Phi) is 3.22. The highest BCUT2D eigenvalue weighted by molar-refractivity contribution is 7.07. The lowest BCUT2D eigenvalue weighted by Crippen LogP contribution is -2.56. The average Bonchev–Trinajstić information content (AvgIpc) is 2.84. The smallest absolute Gasteiger partial charge is 0.0794 e. The van der Waals surface area contributed by atoms with E-state index in [4.69, 9.17) is 0 Å². The molecule has 1 N–H and O–H groups in total. The zero-order chi connectivity index (χ0) is 10.8. The molecule has 88 valence electrons. The van der Waals surface area contributed by atoms with E-state index in [9.17, 15) is 0 Å². The lowest BCUT2D eigenvalue weighted by molar-refractivity contribution is 0.0731. The molecule has 1 unspecified atom stereocenters. The summed E-state index contributed by atoms with van der Waals surface area (Å²) in [4.78, 5) is 6.91. The molecule has 0 saturated carbocycles. The second-order valence-electron chi connectivity index (χ2n) is 4.93. The van der Waals surface area contributed by atoms with Crippen LogP contribution in [0.25, 0.3) is 0 Å². The minimum Gasteiger partial charge on any atom is -0.312 e. The van der Waals surface area contributed by atoms with Crippen molar-refractivity contribution in [2.75, 3.05) is 26.2 Å². The van der Waals surface area contributed by atoms with Gasteiger partial charge >= 0.3 is 0 Å². The molecule has 0 radical (unpaired) electrons. The van der Waals surface area contributed by atoms with Gasteiger partial charge in [0, 0.05) is 30.9 Å². The van der Waals surface area contributed by atoms with Crippen molar-refractivity contribution in [1.82, 2.24) is 15.2 Å². The van der Waals surface area contributed by atoms with Crippen LogP contribution < -0.4 is 5.32 Å². The largest absolute Gasteiger partial charge is 0.312 e. The Labute approximate surface area is 101 Å². The van der Waals surface area contributed by atoms with E-state index in [1.165, 1.54) is 38.2 Å². The van der Waals surface area contributed by atoms with Crippen molar-refractivity contribution in [3.05, 3.63) is 16.6 Å². The fourth-order valence-corrected chi connectivity index (χ4v) is 3.54. The van der Waals surface area contributed by atoms with Crippen molar-refractivity contribution in [3.63, 3.8) is 0 Å². The van der Waals surface area contributed by atoms with Gasteiger partial charge in [-0.05, 0) is 31.8 Å². The van der Waals surface area contributed by atoms with Gasteiger partial charge in [0.05, 0.1) is 11.2 Å².